The molecule has 1 saturated carbocycles. The van der Waals surface area contributed by atoms with Gasteiger partial charge >= 0.3 is 5.69 Å². The number of anilines is 2. The zero-order valence-corrected chi connectivity index (χ0v) is 17.5. The lowest BCUT2D eigenvalue weighted by Gasteiger charge is -2.16. The van der Waals surface area contributed by atoms with E-state index in [0.29, 0.717) is 38.9 Å². The maximum absolute atomic E-state index is 13.2. The fourth-order valence-corrected chi connectivity index (χ4v) is 4.06. The number of nitrogens with zero attached hydrogens (tertiary/aromatic N) is 4. The Morgan fingerprint density at radius 2 is 2.00 bits per heavy atom. The number of nitriles is 1. The van der Waals surface area contributed by atoms with Gasteiger partial charge in [0.2, 0.25) is 0 Å². The minimum absolute atomic E-state index is 0.348. The van der Waals surface area contributed by atoms with Crippen LogP contribution in [0.1, 0.15) is 35.6 Å². The zero-order valence-electron chi connectivity index (χ0n) is 16.8. The van der Waals surface area contributed by atoms with Gasteiger partial charge in [-0.05, 0) is 67.6 Å². The standard InChI is InChI=1S/C24H18ClN5O/c1-14-10-17(8-9-27-14)28-23-19-11-16(13-26)18(15-6-7-15)12-22(19)30(24(31)29-23)21-5-3-2-4-20(21)25/h2-5,8-12,15H,6-7H2,1H3,(H,27,28,29,31). The molecule has 7 heteroatoms. The van der Waals surface area contributed by atoms with Gasteiger partial charge in [0.15, 0.2) is 0 Å². The molecule has 2 aromatic heterocycles. The first-order valence-corrected chi connectivity index (χ1v) is 10.4. The quantitative estimate of drug-likeness (QED) is 0.481. The van der Waals surface area contributed by atoms with Gasteiger partial charge in [0.05, 0.1) is 27.9 Å². The summed E-state index contributed by atoms with van der Waals surface area (Å²) in [5, 5.41) is 14.1. The minimum atomic E-state index is -0.444. The zero-order chi connectivity index (χ0) is 21.5. The summed E-state index contributed by atoms with van der Waals surface area (Å²) in [6.07, 6.45) is 3.78. The Labute approximate surface area is 183 Å². The van der Waals surface area contributed by atoms with Crippen LogP contribution in [0.4, 0.5) is 11.5 Å². The van der Waals surface area contributed by atoms with Crippen LogP contribution in [-0.2, 0) is 0 Å². The predicted molar refractivity (Wildman–Crippen MR) is 121 cm³/mol. The van der Waals surface area contributed by atoms with E-state index in [-0.39, 0.29) is 0 Å². The molecule has 2 heterocycles. The van der Waals surface area contributed by atoms with Crippen molar-refractivity contribution in [2.45, 2.75) is 25.7 Å². The number of nitrogens with one attached hydrogen (secondary N) is 1. The number of hydrogen-bond acceptors (Lipinski definition) is 5. The summed E-state index contributed by atoms with van der Waals surface area (Å²) in [5.41, 5.74) is 3.96. The molecule has 31 heavy (non-hydrogen) atoms. The van der Waals surface area contributed by atoms with E-state index in [1.54, 1.807) is 18.3 Å². The minimum Gasteiger partial charge on any atom is -0.339 e. The average Bonchev–Trinajstić information content (AvgIpc) is 3.59. The first-order valence-electron chi connectivity index (χ1n) is 10.0. The van der Waals surface area contributed by atoms with Gasteiger partial charge in [0, 0.05) is 23.0 Å². The molecule has 2 aromatic carbocycles. The molecule has 0 amide bonds. The van der Waals surface area contributed by atoms with Gasteiger partial charge in [-0.3, -0.25) is 9.55 Å². The molecule has 0 unspecified atom stereocenters. The van der Waals surface area contributed by atoms with E-state index in [1.807, 2.05) is 43.3 Å². The van der Waals surface area contributed by atoms with E-state index in [9.17, 15) is 10.1 Å². The number of hydrogen-bond donors (Lipinski definition) is 1. The highest BCUT2D eigenvalue weighted by molar-refractivity contribution is 6.32. The Balaban J connectivity index is 1.81. The Bertz CT molecular complexity index is 1430. The number of fused-ring (bicyclic) bond motifs is 1. The number of aromatic nitrogens is 3. The van der Waals surface area contributed by atoms with Crippen LogP contribution in [0.2, 0.25) is 5.02 Å². The highest BCUT2D eigenvalue weighted by Gasteiger charge is 2.28. The van der Waals surface area contributed by atoms with Gasteiger partial charge in [0.25, 0.3) is 0 Å². The first kappa shape index (κ1) is 19.3. The van der Waals surface area contributed by atoms with E-state index in [1.165, 1.54) is 4.57 Å². The molecule has 0 bridgehead atoms. The normalized spacial score (nSPS) is 13.2. The van der Waals surface area contributed by atoms with Crippen LogP contribution in [0.15, 0.2) is 59.5 Å². The number of para-hydroxylation sites is 1. The van der Waals surface area contributed by atoms with E-state index in [0.717, 1.165) is 29.8 Å². The van der Waals surface area contributed by atoms with Gasteiger partial charge < -0.3 is 5.32 Å². The lowest BCUT2D eigenvalue weighted by Crippen LogP contribution is -2.23. The molecular weight excluding hydrogens is 410 g/mol. The molecule has 0 saturated heterocycles. The van der Waals surface area contributed by atoms with Crippen molar-refractivity contribution in [3.05, 3.63) is 87.1 Å². The number of rotatable bonds is 4. The van der Waals surface area contributed by atoms with E-state index in [4.69, 9.17) is 11.6 Å². The number of halogens is 1. The van der Waals surface area contributed by atoms with Gasteiger partial charge in [0.1, 0.15) is 5.82 Å². The summed E-state index contributed by atoms with van der Waals surface area (Å²) in [4.78, 5) is 21.7. The first-order chi connectivity index (χ1) is 15.0. The van der Waals surface area contributed by atoms with E-state index >= 15 is 0 Å². The second kappa shape index (κ2) is 7.53. The third-order valence-corrected chi connectivity index (χ3v) is 5.77. The van der Waals surface area contributed by atoms with E-state index in [2.05, 4.69) is 21.4 Å². The molecule has 0 spiro atoms. The molecule has 0 radical (unpaired) electrons. The van der Waals surface area contributed by atoms with Crippen LogP contribution in [0.3, 0.4) is 0 Å². The third kappa shape index (κ3) is 3.54. The molecule has 0 atom stereocenters. The summed E-state index contributed by atoms with van der Waals surface area (Å²) in [6, 6.07) is 16.9. The van der Waals surface area contributed by atoms with Crippen LogP contribution in [-0.4, -0.2) is 14.5 Å². The van der Waals surface area contributed by atoms with Gasteiger partial charge in [-0.25, -0.2) is 4.79 Å². The number of pyridine rings is 1. The van der Waals surface area contributed by atoms with Gasteiger partial charge in [-0.15, -0.1) is 0 Å². The summed E-state index contributed by atoms with van der Waals surface area (Å²) in [7, 11) is 0. The Hall–Kier alpha value is -3.69. The SMILES string of the molecule is Cc1cc(Nc2nc(=O)n(-c3ccccc3Cl)c3cc(C4CC4)c(C#N)cc23)ccn1. The number of benzene rings is 2. The molecule has 6 nitrogen and oxygen atoms in total. The molecular formula is C24H18ClN5O. The predicted octanol–water partition coefficient (Wildman–Crippen LogP) is 5.24. The van der Waals surface area contributed by atoms with Crippen LogP contribution in [0, 0.1) is 18.3 Å². The molecule has 1 N–H and O–H groups in total. The molecule has 1 aliphatic rings. The summed E-state index contributed by atoms with van der Waals surface area (Å²) in [5.74, 6) is 0.744. The van der Waals surface area contributed by atoms with Crippen LogP contribution in [0.5, 0.6) is 0 Å². The lowest BCUT2D eigenvalue weighted by atomic mass is 10.0. The largest absolute Gasteiger partial charge is 0.354 e. The Kier molecular flexibility index (Phi) is 4.68. The molecule has 4 aromatic rings. The molecule has 152 valence electrons. The van der Waals surface area contributed by atoms with Gasteiger partial charge in [-0.2, -0.15) is 10.2 Å². The van der Waals surface area contributed by atoms with Crippen molar-refractivity contribution in [3.8, 4) is 11.8 Å². The maximum atomic E-state index is 13.2. The summed E-state index contributed by atoms with van der Waals surface area (Å²) < 4.78 is 1.52. The maximum Gasteiger partial charge on any atom is 0.354 e. The highest BCUT2D eigenvalue weighted by atomic mass is 35.5. The average molecular weight is 428 g/mol. The fourth-order valence-electron chi connectivity index (χ4n) is 3.84. The van der Waals surface area contributed by atoms with Crippen molar-refractivity contribution in [2.75, 3.05) is 5.32 Å². The van der Waals surface area contributed by atoms with Crippen molar-refractivity contribution in [2.24, 2.45) is 0 Å². The van der Waals surface area contributed by atoms with Gasteiger partial charge in [-0.1, -0.05) is 23.7 Å². The second-order valence-electron chi connectivity index (χ2n) is 7.68. The smallest absolute Gasteiger partial charge is 0.339 e. The van der Waals surface area contributed by atoms with Crippen LogP contribution in [0.25, 0.3) is 16.6 Å². The van der Waals surface area contributed by atoms with E-state index < -0.39 is 5.69 Å². The second-order valence-corrected chi connectivity index (χ2v) is 8.09. The lowest BCUT2D eigenvalue weighted by molar-refractivity contribution is 0.959. The van der Waals surface area contributed by atoms with Crippen molar-refractivity contribution in [3.63, 3.8) is 0 Å². The number of aryl methyl sites for hydroxylation is 1. The highest BCUT2D eigenvalue weighted by Crippen LogP contribution is 2.43. The van der Waals surface area contributed by atoms with Crippen molar-refractivity contribution in [1.82, 2.24) is 14.5 Å². The van der Waals surface area contributed by atoms with Crippen molar-refractivity contribution >= 4 is 34.0 Å². The summed E-state index contributed by atoms with van der Waals surface area (Å²) >= 11 is 6.43. The van der Waals surface area contributed by atoms with Crippen LogP contribution < -0.4 is 11.0 Å². The summed E-state index contributed by atoms with van der Waals surface area (Å²) in [6.45, 7) is 1.89. The Morgan fingerprint density at radius 3 is 2.71 bits per heavy atom. The van der Waals surface area contributed by atoms with Crippen LogP contribution >= 0.6 is 11.6 Å². The monoisotopic (exact) mass is 427 g/mol. The fraction of sp³-hybridized carbons (Fsp3) is 0.167. The van der Waals surface area contributed by atoms with Crippen molar-refractivity contribution < 1.29 is 0 Å². The molecule has 5 rings (SSSR count). The molecule has 1 fully saturated rings. The van der Waals surface area contributed by atoms with Crippen molar-refractivity contribution in [1.29, 1.82) is 5.26 Å². The molecule has 1 aliphatic carbocycles. The Morgan fingerprint density at radius 1 is 1.19 bits per heavy atom. The topological polar surface area (TPSA) is 83.6 Å². The third-order valence-electron chi connectivity index (χ3n) is 5.45. The molecule has 0 aliphatic heterocycles.